The van der Waals surface area contributed by atoms with E-state index in [0.29, 0.717) is 6.54 Å². The van der Waals surface area contributed by atoms with E-state index in [2.05, 4.69) is 45.3 Å². The highest BCUT2D eigenvalue weighted by molar-refractivity contribution is 5.79. The van der Waals surface area contributed by atoms with Crippen LogP contribution in [0, 0.1) is 5.82 Å². The topological polar surface area (TPSA) is 55.8 Å². The summed E-state index contributed by atoms with van der Waals surface area (Å²) in [6.45, 7) is 11.7. The lowest BCUT2D eigenvalue weighted by molar-refractivity contribution is 0.270. The fraction of sp³-hybridized carbons (Fsp3) is 0.478. The highest BCUT2D eigenvalue weighted by Crippen LogP contribution is 2.15. The summed E-state index contributed by atoms with van der Waals surface area (Å²) in [5, 5.41) is 6.64. The van der Waals surface area contributed by atoms with Crippen LogP contribution in [0.4, 0.5) is 10.2 Å². The second-order valence-electron chi connectivity index (χ2n) is 7.44. The van der Waals surface area contributed by atoms with Crippen LogP contribution < -0.4 is 15.5 Å². The maximum atomic E-state index is 13.0. The van der Waals surface area contributed by atoms with Gasteiger partial charge in [0.05, 0.1) is 6.54 Å². The van der Waals surface area contributed by atoms with E-state index in [0.717, 1.165) is 75.1 Å². The summed E-state index contributed by atoms with van der Waals surface area (Å²) < 4.78 is 13.0. The molecule has 0 atom stereocenters. The molecule has 3 rings (SSSR count). The second-order valence-corrected chi connectivity index (χ2v) is 7.44. The smallest absolute Gasteiger partial charge is 0.191 e. The number of nitrogens with zero attached hydrogens (tertiary/aromatic N) is 4. The first-order chi connectivity index (χ1) is 14.7. The Morgan fingerprint density at radius 1 is 1.03 bits per heavy atom. The van der Waals surface area contributed by atoms with Gasteiger partial charge in [-0.15, -0.1) is 0 Å². The van der Waals surface area contributed by atoms with E-state index in [1.54, 1.807) is 0 Å². The van der Waals surface area contributed by atoms with Gasteiger partial charge in [0.25, 0.3) is 0 Å². The first-order valence-electron chi connectivity index (χ1n) is 10.9. The van der Waals surface area contributed by atoms with Crippen molar-refractivity contribution in [3.63, 3.8) is 0 Å². The molecule has 0 bridgehead atoms. The Kier molecular flexibility index (Phi) is 8.44. The fourth-order valence-electron chi connectivity index (χ4n) is 3.51. The van der Waals surface area contributed by atoms with Gasteiger partial charge >= 0.3 is 0 Å². The maximum absolute atomic E-state index is 13.0. The van der Waals surface area contributed by atoms with E-state index in [-0.39, 0.29) is 5.82 Å². The largest absolute Gasteiger partial charge is 0.357 e. The Hall–Kier alpha value is -2.67. The Morgan fingerprint density at radius 3 is 2.50 bits per heavy atom. The number of likely N-dealkylation sites (N-methyl/N-ethyl adjacent to an activating group) is 1. The number of hydrogen-bond acceptors (Lipinski definition) is 4. The monoisotopic (exact) mass is 412 g/mol. The summed E-state index contributed by atoms with van der Waals surface area (Å²) in [5.74, 6) is 1.62. The van der Waals surface area contributed by atoms with Crippen LogP contribution in [0.15, 0.2) is 47.6 Å². The third kappa shape index (κ3) is 6.69. The van der Waals surface area contributed by atoms with E-state index >= 15 is 0 Å². The Bertz CT molecular complexity index is 800. The van der Waals surface area contributed by atoms with Crippen LogP contribution in [0.25, 0.3) is 0 Å². The highest BCUT2D eigenvalue weighted by atomic mass is 19.1. The van der Waals surface area contributed by atoms with Crippen LogP contribution in [0.3, 0.4) is 0 Å². The molecule has 0 radical (unpaired) electrons. The number of anilines is 1. The lowest BCUT2D eigenvalue weighted by atomic mass is 10.1. The number of hydrogen-bond donors (Lipinski definition) is 2. The Balaban J connectivity index is 1.54. The number of aromatic nitrogens is 1. The molecule has 1 aromatic carbocycles. The zero-order valence-corrected chi connectivity index (χ0v) is 18.1. The standard InChI is InChI=1S/C23H33FN6/c1-3-25-23(27-12-9-19-5-7-21(24)8-6-19)28-18-20-10-11-26-22(17-20)30-15-13-29(4-2)14-16-30/h5-8,10-11,17H,3-4,9,12-16,18H2,1-2H3,(H2,25,27,28). The van der Waals surface area contributed by atoms with Crippen molar-refractivity contribution in [3.05, 3.63) is 59.5 Å². The van der Waals surface area contributed by atoms with Gasteiger partial charge in [0.1, 0.15) is 11.6 Å². The lowest BCUT2D eigenvalue weighted by Gasteiger charge is -2.34. The number of piperazine rings is 1. The first-order valence-corrected chi connectivity index (χ1v) is 10.9. The summed E-state index contributed by atoms with van der Waals surface area (Å²) in [7, 11) is 0. The van der Waals surface area contributed by atoms with Crippen molar-refractivity contribution in [3.8, 4) is 0 Å². The van der Waals surface area contributed by atoms with Gasteiger partial charge in [-0.25, -0.2) is 14.4 Å². The third-order valence-electron chi connectivity index (χ3n) is 5.34. The summed E-state index contributed by atoms with van der Waals surface area (Å²) in [4.78, 5) is 14.1. The molecule has 0 aliphatic carbocycles. The molecule has 0 spiro atoms. The van der Waals surface area contributed by atoms with Crippen molar-refractivity contribution in [1.82, 2.24) is 20.5 Å². The number of rotatable bonds is 8. The van der Waals surface area contributed by atoms with Crippen LogP contribution in [-0.2, 0) is 13.0 Å². The van der Waals surface area contributed by atoms with Gasteiger partial charge < -0.3 is 20.4 Å². The van der Waals surface area contributed by atoms with Crippen LogP contribution in [-0.4, -0.2) is 61.7 Å². The molecule has 2 heterocycles. The number of aliphatic imine (C=N–C) groups is 1. The van der Waals surface area contributed by atoms with Gasteiger partial charge in [0.15, 0.2) is 5.96 Å². The number of pyridine rings is 1. The van der Waals surface area contributed by atoms with Gasteiger partial charge in [-0.2, -0.15) is 0 Å². The second kappa shape index (κ2) is 11.5. The highest BCUT2D eigenvalue weighted by Gasteiger charge is 2.16. The molecular formula is C23H33FN6. The average molecular weight is 413 g/mol. The average Bonchev–Trinajstić information content (AvgIpc) is 2.79. The molecule has 0 unspecified atom stereocenters. The molecule has 30 heavy (non-hydrogen) atoms. The number of halogens is 1. The summed E-state index contributed by atoms with van der Waals surface area (Å²) in [6, 6.07) is 10.8. The molecule has 0 saturated carbocycles. The van der Waals surface area contributed by atoms with Crippen LogP contribution >= 0.6 is 0 Å². The van der Waals surface area contributed by atoms with Crippen molar-refractivity contribution in [2.45, 2.75) is 26.8 Å². The van der Waals surface area contributed by atoms with Crippen molar-refractivity contribution < 1.29 is 4.39 Å². The molecule has 1 fully saturated rings. The van der Waals surface area contributed by atoms with Gasteiger partial charge in [-0.3, -0.25) is 0 Å². The Labute approximate surface area is 179 Å². The Morgan fingerprint density at radius 2 is 1.80 bits per heavy atom. The van der Waals surface area contributed by atoms with Crippen LogP contribution in [0.1, 0.15) is 25.0 Å². The van der Waals surface area contributed by atoms with E-state index in [1.165, 1.54) is 12.1 Å². The van der Waals surface area contributed by atoms with Gasteiger partial charge in [0.2, 0.25) is 0 Å². The van der Waals surface area contributed by atoms with E-state index in [1.807, 2.05) is 24.4 Å². The molecule has 2 N–H and O–H groups in total. The minimum Gasteiger partial charge on any atom is -0.357 e. The predicted molar refractivity (Wildman–Crippen MR) is 121 cm³/mol. The van der Waals surface area contributed by atoms with Crippen molar-refractivity contribution in [2.75, 3.05) is 50.7 Å². The molecule has 2 aromatic rings. The zero-order chi connectivity index (χ0) is 21.2. The van der Waals surface area contributed by atoms with Gasteiger partial charge in [0, 0.05) is 45.5 Å². The molecule has 1 saturated heterocycles. The quantitative estimate of drug-likeness (QED) is 0.516. The molecule has 1 aromatic heterocycles. The van der Waals surface area contributed by atoms with Gasteiger partial charge in [-0.05, 0) is 55.3 Å². The predicted octanol–water partition coefficient (Wildman–Crippen LogP) is 2.66. The first kappa shape index (κ1) is 22.0. The molecule has 7 heteroatoms. The third-order valence-corrected chi connectivity index (χ3v) is 5.34. The number of guanidine groups is 1. The fourth-order valence-corrected chi connectivity index (χ4v) is 3.51. The SMILES string of the molecule is CCNC(=NCc1ccnc(N2CCN(CC)CC2)c1)NCCc1ccc(F)cc1. The molecule has 6 nitrogen and oxygen atoms in total. The minimum absolute atomic E-state index is 0.203. The molecule has 162 valence electrons. The minimum atomic E-state index is -0.203. The number of benzene rings is 1. The molecule has 1 aliphatic rings. The normalized spacial score (nSPS) is 15.3. The van der Waals surface area contributed by atoms with Crippen molar-refractivity contribution in [1.29, 1.82) is 0 Å². The summed E-state index contributed by atoms with van der Waals surface area (Å²) >= 11 is 0. The van der Waals surface area contributed by atoms with E-state index < -0.39 is 0 Å². The van der Waals surface area contributed by atoms with Crippen molar-refractivity contribution >= 4 is 11.8 Å². The van der Waals surface area contributed by atoms with Crippen LogP contribution in [0.5, 0.6) is 0 Å². The molecular weight excluding hydrogens is 379 g/mol. The van der Waals surface area contributed by atoms with Crippen molar-refractivity contribution in [2.24, 2.45) is 4.99 Å². The maximum Gasteiger partial charge on any atom is 0.191 e. The number of nitrogens with one attached hydrogen (secondary N) is 2. The van der Waals surface area contributed by atoms with E-state index in [4.69, 9.17) is 4.99 Å². The van der Waals surface area contributed by atoms with Gasteiger partial charge in [-0.1, -0.05) is 19.1 Å². The summed E-state index contributed by atoms with van der Waals surface area (Å²) in [6.07, 6.45) is 2.69. The molecule has 1 aliphatic heterocycles. The summed E-state index contributed by atoms with van der Waals surface area (Å²) in [5.41, 5.74) is 2.25. The zero-order valence-electron chi connectivity index (χ0n) is 18.1. The lowest BCUT2D eigenvalue weighted by Crippen LogP contribution is -2.46. The van der Waals surface area contributed by atoms with Crippen LogP contribution in [0.2, 0.25) is 0 Å². The van der Waals surface area contributed by atoms with E-state index in [9.17, 15) is 4.39 Å². The molecule has 0 amide bonds.